The minimum atomic E-state index is -3.82. The van der Waals surface area contributed by atoms with E-state index in [1.807, 2.05) is 11.5 Å². The molecular formula is C25H25N3O6S3. The lowest BCUT2D eigenvalue weighted by atomic mass is 10.2. The predicted octanol–water partition coefficient (Wildman–Crippen LogP) is 3.68. The molecule has 0 aliphatic heterocycles. The van der Waals surface area contributed by atoms with Crippen molar-refractivity contribution in [2.45, 2.75) is 23.3 Å². The zero-order chi connectivity index (χ0) is 26.6. The second kappa shape index (κ2) is 11.0. The van der Waals surface area contributed by atoms with Crippen molar-refractivity contribution in [2.24, 2.45) is 4.99 Å². The molecule has 0 saturated carbocycles. The van der Waals surface area contributed by atoms with Gasteiger partial charge in [0.25, 0.3) is 15.9 Å². The second-order valence-corrected chi connectivity index (χ2v) is 12.8. The SMILES string of the molecule is CCOCCn1c(=NC(=O)c2cccc(NS(=O)(=O)c3ccccc3)c2)sc2cc(S(C)(=O)=O)ccc21. The van der Waals surface area contributed by atoms with E-state index in [1.54, 1.807) is 48.5 Å². The number of amides is 1. The molecule has 0 aliphatic rings. The Hall–Kier alpha value is -3.32. The lowest BCUT2D eigenvalue weighted by Gasteiger charge is -2.09. The number of thiazole rings is 1. The Balaban J connectivity index is 1.71. The van der Waals surface area contributed by atoms with Gasteiger partial charge in [0, 0.05) is 30.7 Å². The van der Waals surface area contributed by atoms with E-state index >= 15 is 0 Å². The third kappa shape index (κ3) is 6.34. The molecule has 4 rings (SSSR count). The summed E-state index contributed by atoms with van der Waals surface area (Å²) >= 11 is 1.19. The van der Waals surface area contributed by atoms with Gasteiger partial charge in [-0.1, -0.05) is 35.6 Å². The van der Waals surface area contributed by atoms with Crippen molar-refractivity contribution in [2.75, 3.05) is 24.2 Å². The topological polar surface area (TPSA) is 124 Å². The Morgan fingerprint density at radius 2 is 1.73 bits per heavy atom. The summed E-state index contributed by atoms with van der Waals surface area (Å²) in [4.78, 5) is 18.1. The number of anilines is 1. The summed E-state index contributed by atoms with van der Waals surface area (Å²) in [6, 6.07) is 18.8. The Morgan fingerprint density at radius 1 is 0.973 bits per heavy atom. The third-order valence-electron chi connectivity index (χ3n) is 5.36. The van der Waals surface area contributed by atoms with Crippen LogP contribution in [0, 0.1) is 0 Å². The molecule has 0 radical (unpaired) electrons. The highest BCUT2D eigenvalue weighted by Gasteiger charge is 2.16. The number of nitrogens with zero attached hydrogens (tertiary/aromatic N) is 2. The van der Waals surface area contributed by atoms with Gasteiger partial charge in [0.15, 0.2) is 14.6 Å². The van der Waals surface area contributed by atoms with E-state index in [4.69, 9.17) is 4.74 Å². The van der Waals surface area contributed by atoms with E-state index in [9.17, 15) is 21.6 Å². The average Bonchev–Trinajstić information content (AvgIpc) is 3.20. The van der Waals surface area contributed by atoms with Gasteiger partial charge in [0.1, 0.15) is 0 Å². The van der Waals surface area contributed by atoms with Crippen LogP contribution in [-0.2, 0) is 31.1 Å². The van der Waals surface area contributed by atoms with Crippen molar-refractivity contribution < 1.29 is 26.4 Å². The summed E-state index contributed by atoms with van der Waals surface area (Å²) in [7, 11) is -7.23. The van der Waals surface area contributed by atoms with Gasteiger partial charge in [0.2, 0.25) is 0 Å². The summed E-state index contributed by atoms with van der Waals surface area (Å²) in [6.07, 6.45) is 1.14. The zero-order valence-corrected chi connectivity index (χ0v) is 22.6. The van der Waals surface area contributed by atoms with E-state index < -0.39 is 25.8 Å². The van der Waals surface area contributed by atoms with Crippen molar-refractivity contribution >= 4 is 53.0 Å². The number of sulfone groups is 1. The van der Waals surface area contributed by atoms with Crippen LogP contribution in [0.3, 0.4) is 0 Å². The number of rotatable bonds is 9. The number of fused-ring (bicyclic) bond motifs is 1. The lowest BCUT2D eigenvalue weighted by Crippen LogP contribution is -2.20. The van der Waals surface area contributed by atoms with Gasteiger partial charge in [-0.3, -0.25) is 9.52 Å². The summed E-state index contributed by atoms with van der Waals surface area (Å²) in [6.45, 7) is 3.20. The Morgan fingerprint density at radius 3 is 2.43 bits per heavy atom. The van der Waals surface area contributed by atoms with E-state index in [2.05, 4.69) is 9.71 Å². The highest BCUT2D eigenvalue weighted by molar-refractivity contribution is 7.92. The molecule has 3 aromatic carbocycles. The van der Waals surface area contributed by atoms with E-state index in [1.165, 1.54) is 35.6 Å². The monoisotopic (exact) mass is 559 g/mol. The first kappa shape index (κ1) is 26.7. The molecule has 0 aliphatic carbocycles. The molecule has 194 valence electrons. The normalized spacial score (nSPS) is 12.6. The fraction of sp³-hybridized carbons (Fsp3) is 0.200. The number of ether oxygens (including phenoxy) is 1. The van der Waals surface area contributed by atoms with Crippen molar-refractivity contribution in [1.82, 2.24) is 4.57 Å². The Bertz CT molecular complexity index is 1720. The molecule has 1 heterocycles. The molecule has 1 amide bonds. The molecule has 4 aromatic rings. The first-order valence-electron chi connectivity index (χ1n) is 11.3. The Labute approximate surface area is 219 Å². The molecule has 1 aromatic heterocycles. The van der Waals surface area contributed by atoms with Crippen LogP contribution < -0.4 is 9.52 Å². The maximum absolute atomic E-state index is 13.1. The molecule has 0 saturated heterocycles. The fourth-order valence-corrected chi connectivity index (χ4v) is 6.45. The van der Waals surface area contributed by atoms with Crippen LogP contribution in [0.15, 0.2) is 87.6 Å². The van der Waals surface area contributed by atoms with E-state index in [0.717, 1.165) is 11.8 Å². The minimum absolute atomic E-state index is 0.102. The van der Waals surface area contributed by atoms with Crippen molar-refractivity contribution in [3.63, 3.8) is 0 Å². The molecular weight excluding hydrogens is 534 g/mol. The molecule has 1 N–H and O–H groups in total. The smallest absolute Gasteiger partial charge is 0.279 e. The quantitative estimate of drug-likeness (QED) is 0.312. The zero-order valence-electron chi connectivity index (χ0n) is 20.1. The van der Waals surface area contributed by atoms with Crippen molar-refractivity contribution in [1.29, 1.82) is 0 Å². The third-order valence-corrected chi connectivity index (χ3v) is 8.91. The highest BCUT2D eigenvalue weighted by Crippen LogP contribution is 2.22. The van der Waals surface area contributed by atoms with Crippen molar-refractivity contribution in [3.05, 3.63) is 83.2 Å². The van der Waals surface area contributed by atoms with Gasteiger partial charge >= 0.3 is 0 Å². The number of hydrogen-bond donors (Lipinski definition) is 1. The summed E-state index contributed by atoms with van der Waals surface area (Å²) in [5, 5.41) is 0. The number of benzene rings is 3. The molecule has 37 heavy (non-hydrogen) atoms. The standard InChI is InChI=1S/C25H25N3O6S3/c1-3-34-15-14-28-22-13-12-21(36(2,30)31)17-23(22)35-25(28)26-24(29)18-8-7-9-19(16-18)27-37(32,33)20-10-5-4-6-11-20/h4-13,16-17,27H,3,14-15H2,1-2H3. The van der Waals surface area contributed by atoms with Crippen LogP contribution in [0.5, 0.6) is 0 Å². The highest BCUT2D eigenvalue weighted by atomic mass is 32.2. The van der Waals surface area contributed by atoms with Crippen LogP contribution in [0.2, 0.25) is 0 Å². The molecule has 0 spiro atoms. The fourth-order valence-electron chi connectivity index (χ4n) is 3.57. The van der Waals surface area contributed by atoms with Gasteiger partial charge in [-0.15, -0.1) is 0 Å². The number of sulfonamides is 1. The number of aromatic nitrogens is 1. The van der Waals surface area contributed by atoms with Crippen LogP contribution in [-0.4, -0.2) is 46.8 Å². The first-order valence-corrected chi connectivity index (χ1v) is 15.5. The van der Waals surface area contributed by atoms with Gasteiger partial charge in [-0.25, -0.2) is 16.8 Å². The Kier molecular flexibility index (Phi) is 7.93. The van der Waals surface area contributed by atoms with E-state index in [-0.39, 0.29) is 21.0 Å². The molecule has 9 nitrogen and oxygen atoms in total. The summed E-state index contributed by atoms with van der Waals surface area (Å²) in [5.74, 6) is -0.569. The average molecular weight is 560 g/mol. The van der Waals surface area contributed by atoms with Gasteiger partial charge in [0.05, 0.1) is 26.6 Å². The maximum Gasteiger partial charge on any atom is 0.279 e. The van der Waals surface area contributed by atoms with E-state index in [0.29, 0.717) is 29.3 Å². The van der Waals surface area contributed by atoms with Gasteiger partial charge < -0.3 is 9.30 Å². The molecule has 0 unspecified atom stereocenters. The van der Waals surface area contributed by atoms with Crippen LogP contribution in [0.1, 0.15) is 17.3 Å². The number of carbonyl (C=O) groups is 1. The van der Waals surface area contributed by atoms with Crippen LogP contribution in [0.25, 0.3) is 10.2 Å². The number of hydrogen-bond acceptors (Lipinski definition) is 7. The maximum atomic E-state index is 13.1. The van der Waals surface area contributed by atoms with Crippen LogP contribution >= 0.6 is 11.3 Å². The lowest BCUT2D eigenvalue weighted by molar-refractivity contribution is 0.0996. The minimum Gasteiger partial charge on any atom is -0.380 e. The largest absolute Gasteiger partial charge is 0.380 e. The summed E-state index contributed by atoms with van der Waals surface area (Å²) < 4.78 is 59.8. The molecule has 0 bridgehead atoms. The number of nitrogens with one attached hydrogen (secondary N) is 1. The van der Waals surface area contributed by atoms with Gasteiger partial charge in [-0.05, 0) is 55.5 Å². The van der Waals surface area contributed by atoms with Crippen LogP contribution in [0.4, 0.5) is 5.69 Å². The first-order chi connectivity index (χ1) is 17.6. The summed E-state index contributed by atoms with van der Waals surface area (Å²) in [5.41, 5.74) is 1.15. The van der Waals surface area contributed by atoms with Gasteiger partial charge in [-0.2, -0.15) is 4.99 Å². The molecule has 0 atom stereocenters. The molecule has 0 fully saturated rings. The number of carbonyl (C=O) groups excluding carboxylic acids is 1. The second-order valence-electron chi connectivity index (χ2n) is 8.05. The molecule has 12 heteroatoms. The predicted molar refractivity (Wildman–Crippen MR) is 143 cm³/mol. The van der Waals surface area contributed by atoms with Crippen molar-refractivity contribution in [3.8, 4) is 0 Å².